The van der Waals surface area contributed by atoms with Crippen molar-refractivity contribution in [3.05, 3.63) is 18.0 Å². The minimum Gasteiger partial charge on any atom is -0.504 e. The van der Waals surface area contributed by atoms with E-state index in [1.165, 1.54) is 0 Å². The lowest BCUT2D eigenvalue weighted by molar-refractivity contribution is 0.483. The van der Waals surface area contributed by atoms with Crippen molar-refractivity contribution in [2.24, 2.45) is 0 Å². The molecule has 0 spiro atoms. The molecule has 0 aliphatic rings. The Hall–Kier alpha value is -1.71. The standard InChI is InChI=1S/C8H9N3O/c1-4-10-6-3-2-5(9)8(12)7(6)11-4/h2-3,12H,9H2,1H3,(H,10,11). The zero-order valence-electron chi connectivity index (χ0n) is 6.63. The Balaban J connectivity index is 2.89. The quantitative estimate of drug-likeness (QED) is 0.403. The maximum absolute atomic E-state index is 9.46. The number of nitrogens with zero attached hydrogens (tertiary/aromatic N) is 1. The van der Waals surface area contributed by atoms with Crippen molar-refractivity contribution in [2.75, 3.05) is 5.73 Å². The Morgan fingerprint density at radius 2 is 2.25 bits per heavy atom. The average Bonchev–Trinajstić information content (AvgIpc) is 2.39. The van der Waals surface area contributed by atoms with Crippen molar-refractivity contribution in [2.45, 2.75) is 6.92 Å². The van der Waals surface area contributed by atoms with Crippen LogP contribution in [0, 0.1) is 6.92 Å². The van der Waals surface area contributed by atoms with Gasteiger partial charge in [0.15, 0.2) is 5.75 Å². The fourth-order valence-electron chi connectivity index (χ4n) is 1.20. The number of aromatic amines is 1. The number of aromatic hydroxyl groups is 1. The maximum atomic E-state index is 9.46. The number of anilines is 1. The third kappa shape index (κ3) is 0.812. The number of H-pyrrole nitrogens is 1. The molecule has 1 aromatic heterocycles. The number of phenols is 1. The summed E-state index contributed by atoms with van der Waals surface area (Å²) in [5.74, 6) is 0.822. The molecule has 1 aromatic carbocycles. The van der Waals surface area contributed by atoms with Crippen LogP contribution in [-0.4, -0.2) is 15.1 Å². The van der Waals surface area contributed by atoms with Crippen molar-refractivity contribution in [3.8, 4) is 5.75 Å². The fourth-order valence-corrected chi connectivity index (χ4v) is 1.20. The van der Waals surface area contributed by atoms with Gasteiger partial charge in [0, 0.05) is 0 Å². The van der Waals surface area contributed by atoms with Crippen LogP contribution in [0.25, 0.3) is 11.0 Å². The first-order valence-electron chi connectivity index (χ1n) is 3.62. The van der Waals surface area contributed by atoms with Gasteiger partial charge >= 0.3 is 0 Å². The van der Waals surface area contributed by atoms with Gasteiger partial charge in [-0.2, -0.15) is 0 Å². The highest BCUT2D eigenvalue weighted by atomic mass is 16.3. The normalized spacial score (nSPS) is 10.8. The topological polar surface area (TPSA) is 74.9 Å². The van der Waals surface area contributed by atoms with Gasteiger partial charge in [0.2, 0.25) is 0 Å². The molecule has 0 amide bonds. The van der Waals surface area contributed by atoms with Crippen molar-refractivity contribution in [1.29, 1.82) is 0 Å². The van der Waals surface area contributed by atoms with Gasteiger partial charge in [-0.25, -0.2) is 4.98 Å². The molecule has 4 heteroatoms. The molecule has 2 aromatic rings. The molecule has 0 unspecified atom stereocenters. The van der Waals surface area contributed by atoms with E-state index >= 15 is 0 Å². The third-order valence-electron chi connectivity index (χ3n) is 1.78. The molecule has 0 radical (unpaired) electrons. The molecule has 0 saturated carbocycles. The summed E-state index contributed by atoms with van der Waals surface area (Å²) in [5.41, 5.74) is 7.19. The molecule has 1 heterocycles. The summed E-state index contributed by atoms with van der Waals surface area (Å²) >= 11 is 0. The molecule has 2 rings (SSSR count). The molecule has 12 heavy (non-hydrogen) atoms. The predicted octanol–water partition coefficient (Wildman–Crippen LogP) is 1.16. The lowest BCUT2D eigenvalue weighted by Crippen LogP contribution is -1.85. The van der Waals surface area contributed by atoms with E-state index in [0.29, 0.717) is 11.2 Å². The molecule has 4 nitrogen and oxygen atoms in total. The fraction of sp³-hybridized carbons (Fsp3) is 0.125. The van der Waals surface area contributed by atoms with Gasteiger partial charge < -0.3 is 15.8 Å². The minimum atomic E-state index is 0.0526. The summed E-state index contributed by atoms with van der Waals surface area (Å²) in [4.78, 5) is 7.09. The number of rotatable bonds is 0. The zero-order chi connectivity index (χ0) is 8.72. The molecule has 62 valence electrons. The number of nitrogens with one attached hydrogen (secondary N) is 1. The van der Waals surface area contributed by atoms with Crippen molar-refractivity contribution in [1.82, 2.24) is 9.97 Å². The molecule has 0 fully saturated rings. The van der Waals surface area contributed by atoms with E-state index in [1.807, 2.05) is 6.92 Å². The van der Waals surface area contributed by atoms with Crippen LogP contribution in [0.5, 0.6) is 5.75 Å². The van der Waals surface area contributed by atoms with Gasteiger partial charge in [0.25, 0.3) is 0 Å². The number of aryl methyl sites for hydroxylation is 1. The highest BCUT2D eigenvalue weighted by Gasteiger charge is 2.06. The number of aromatic nitrogens is 2. The van der Waals surface area contributed by atoms with E-state index in [2.05, 4.69) is 9.97 Å². The molecular formula is C8H9N3O. The van der Waals surface area contributed by atoms with Crippen LogP contribution in [0.2, 0.25) is 0 Å². The number of phenolic OH excluding ortho intramolecular Hbond substituents is 1. The summed E-state index contributed by atoms with van der Waals surface area (Å²) in [6.45, 7) is 1.83. The number of nitrogen functional groups attached to an aromatic ring is 1. The molecule has 4 N–H and O–H groups in total. The first-order chi connectivity index (χ1) is 5.68. The van der Waals surface area contributed by atoms with Crippen LogP contribution in [0.1, 0.15) is 5.82 Å². The van der Waals surface area contributed by atoms with Crippen LogP contribution in [0.15, 0.2) is 12.1 Å². The smallest absolute Gasteiger partial charge is 0.166 e. The Labute approximate surface area is 69.0 Å². The average molecular weight is 163 g/mol. The van der Waals surface area contributed by atoms with Crippen LogP contribution in [0.4, 0.5) is 5.69 Å². The van der Waals surface area contributed by atoms with E-state index < -0.39 is 0 Å². The Morgan fingerprint density at radius 1 is 1.50 bits per heavy atom. The highest BCUT2D eigenvalue weighted by Crippen LogP contribution is 2.28. The van der Waals surface area contributed by atoms with E-state index in [0.717, 1.165) is 11.3 Å². The monoisotopic (exact) mass is 163 g/mol. The molecule has 0 aliphatic heterocycles. The van der Waals surface area contributed by atoms with Gasteiger partial charge in [0.05, 0.1) is 11.2 Å². The SMILES string of the molecule is Cc1nc2c(O)c(N)ccc2[nH]1. The number of nitrogens with two attached hydrogens (primary N) is 1. The molecule has 0 bridgehead atoms. The summed E-state index contributed by atoms with van der Waals surface area (Å²) in [5, 5.41) is 9.46. The van der Waals surface area contributed by atoms with Crippen LogP contribution >= 0.6 is 0 Å². The van der Waals surface area contributed by atoms with Crippen LogP contribution in [0.3, 0.4) is 0 Å². The number of hydrogen-bond acceptors (Lipinski definition) is 3. The number of imidazole rings is 1. The van der Waals surface area contributed by atoms with Gasteiger partial charge in [-0.1, -0.05) is 0 Å². The molecular weight excluding hydrogens is 154 g/mol. The third-order valence-corrected chi connectivity index (χ3v) is 1.78. The second-order valence-corrected chi connectivity index (χ2v) is 2.72. The zero-order valence-corrected chi connectivity index (χ0v) is 6.63. The van der Waals surface area contributed by atoms with Crippen LogP contribution in [-0.2, 0) is 0 Å². The number of fused-ring (bicyclic) bond motifs is 1. The van der Waals surface area contributed by atoms with E-state index in [-0.39, 0.29) is 5.75 Å². The molecule has 0 atom stereocenters. The Bertz CT molecular complexity index is 433. The Morgan fingerprint density at radius 3 is 3.00 bits per heavy atom. The van der Waals surface area contributed by atoms with Crippen LogP contribution < -0.4 is 5.73 Å². The summed E-state index contributed by atoms with van der Waals surface area (Å²) in [6.07, 6.45) is 0. The summed E-state index contributed by atoms with van der Waals surface area (Å²) in [7, 11) is 0. The van der Waals surface area contributed by atoms with Gasteiger partial charge in [-0.3, -0.25) is 0 Å². The first-order valence-corrected chi connectivity index (χ1v) is 3.62. The van der Waals surface area contributed by atoms with Gasteiger partial charge in [-0.05, 0) is 19.1 Å². The lowest BCUT2D eigenvalue weighted by atomic mass is 10.2. The first kappa shape index (κ1) is 6.97. The summed E-state index contributed by atoms with van der Waals surface area (Å²) < 4.78 is 0. The van der Waals surface area contributed by atoms with E-state index in [9.17, 15) is 5.11 Å². The second kappa shape index (κ2) is 2.14. The largest absolute Gasteiger partial charge is 0.504 e. The molecule has 0 saturated heterocycles. The summed E-state index contributed by atoms with van der Waals surface area (Å²) in [6, 6.07) is 3.44. The minimum absolute atomic E-state index is 0.0526. The molecule has 0 aliphatic carbocycles. The second-order valence-electron chi connectivity index (χ2n) is 2.72. The highest BCUT2D eigenvalue weighted by molar-refractivity contribution is 5.86. The van der Waals surface area contributed by atoms with Gasteiger partial charge in [0.1, 0.15) is 11.3 Å². The number of hydrogen-bond donors (Lipinski definition) is 3. The predicted molar refractivity (Wildman–Crippen MR) is 46.9 cm³/mol. The van der Waals surface area contributed by atoms with Crippen molar-refractivity contribution in [3.63, 3.8) is 0 Å². The van der Waals surface area contributed by atoms with E-state index in [4.69, 9.17) is 5.73 Å². The lowest BCUT2D eigenvalue weighted by Gasteiger charge is -1.96. The van der Waals surface area contributed by atoms with Crippen molar-refractivity contribution >= 4 is 16.7 Å². The van der Waals surface area contributed by atoms with Crippen molar-refractivity contribution < 1.29 is 5.11 Å². The Kier molecular flexibility index (Phi) is 1.24. The maximum Gasteiger partial charge on any atom is 0.166 e. The van der Waals surface area contributed by atoms with Gasteiger partial charge in [-0.15, -0.1) is 0 Å². The number of benzene rings is 1. The van der Waals surface area contributed by atoms with E-state index in [1.54, 1.807) is 12.1 Å².